The molecule has 3 nitrogen and oxygen atoms in total. The summed E-state index contributed by atoms with van der Waals surface area (Å²) in [7, 11) is 0. The third-order valence-corrected chi connectivity index (χ3v) is 3.58. The van der Waals surface area contributed by atoms with Crippen molar-refractivity contribution in [3.05, 3.63) is 0 Å². The van der Waals surface area contributed by atoms with E-state index in [2.05, 4.69) is 12.2 Å². The molecule has 0 unspecified atom stereocenters. The number of aliphatic hydroxyl groups excluding tert-OH is 1. The molecule has 19 heavy (non-hydrogen) atoms. The Balaban J connectivity index is 0. The predicted octanol–water partition coefficient (Wildman–Crippen LogP) is 3.07. The molecule has 0 atom stereocenters. The quantitative estimate of drug-likeness (QED) is 0.451. The van der Waals surface area contributed by atoms with Crippen LogP contribution in [0.1, 0.15) is 84.0 Å². The number of aliphatic hydroxyl groups is 1. The molecule has 118 valence electrons. The van der Waals surface area contributed by atoms with Gasteiger partial charge in [-0.05, 0) is 12.8 Å². The zero-order chi connectivity index (χ0) is 13.3. The van der Waals surface area contributed by atoms with Gasteiger partial charge in [-0.15, -0.1) is 0 Å². The molecule has 4 N–H and O–H groups in total. The smallest absolute Gasteiger partial charge is 0.0777 e. The van der Waals surface area contributed by atoms with E-state index < -0.39 is 0 Å². The zero-order valence-electron chi connectivity index (χ0n) is 13.1. The Bertz CT molecular complexity index is 127. The minimum absolute atomic E-state index is 0. The van der Waals surface area contributed by atoms with Gasteiger partial charge in [-0.3, -0.25) is 0 Å². The SMILES string of the molecule is CCCCCCCCCCCCC[NH2+]CCCO.[OH-]. The third kappa shape index (κ3) is 20.4. The second-order valence-corrected chi connectivity index (χ2v) is 5.48. The van der Waals surface area contributed by atoms with Gasteiger partial charge in [0.05, 0.1) is 13.1 Å². The summed E-state index contributed by atoms with van der Waals surface area (Å²) in [5.41, 5.74) is 0. The summed E-state index contributed by atoms with van der Waals surface area (Å²) < 4.78 is 0. The zero-order valence-corrected chi connectivity index (χ0v) is 13.1. The van der Waals surface area contributed by atoms with E-state index in [1.54, 1.807) is 0 Å². The molecule has 0 heterocycles. The van der Waals surface area contributed by atoms with E-state index in [1.807, 2.05) is 0 Å². The van der Waals surface area contributed by atoms with Crippen molar-refractivity contribution in [2.45, 2.75) is 84.0 Å². The number of quaternary nitrogens is 1. The third-order valence-electron chi connectivity index (χ3n) is 3.58. The summed E-state index contributed by atoms with van der Waals surface area (Å²) in [5, 5.41) is 11.0. The van der Waals surface area contributed by atoms with Crippen molar-refractivity contribution in [3.63, 3.8) is 0 Å². The number of rotatable bonds is 15. The van der Waals surface area contributed by atoms with Gasteiger partial charge in [0.15, 0.2) is 0 Å². The minimum Gasteiger partial charge on any atom is -0.870 e. The molecular formula is C16H37NO2. The van der Waals surface area contributed by atoms with Crippen molar-refractivity contribution >= 4 is 0 Å². The van der Waals surface area contributed by atoms with Gasteiger partial charge < -0.3 is 15.9 Å². The van der Waals surface area contributed by atoms with Gasteiger partial charge in [0.25, 0.3) is 0 Å². The van der Waals surface area contributed by atoms with Gasteiger partial charge >= 0.3 is 0 Å². The fourth-order valence-corrected chi connectivity index (χ4v) is 2.33. The molecule has 0 bridgehead atoms. The lowest BCUT2D eigenvalue weighted by atomic mass is 10.1. The van der Waals surface area contributed by atoms with E-state index in [1.165, 1.54) is 77.2 Å². The highest BCUT2D eigenvalue weighted by molar-refractivity contribution is 4.47. The fraction of sp³-hybridized carbons (Fsp3) is 1.00. The molecule has 0 aliphatic carbocycles. The molecule has 0 aromatic carbocycles. The maximum Gasteiger partial charge on any atom is 0.0777 e. The van der Waals surface area contributed by atoms with E-state index in [9.17, 15) is 0 Å². The van der Waals surface area contributed by atoms with Crippen LogP contribution in [0.2, 0.25) is 0 Å². The van der Waals surface area contributed by atoms with Gasteiger partial charge in [-0.25, -0.2) is 0 Å². The van der Waals surface area contributed by atoms with Crippen LogP contribution >= 0.6 is 0 Å². The Morgan fingerprint density at radius 3 is 1.53 bits per heavy atom. The van der Waals surface area contributed by atoms with Gasteiger partial charge in [-0.1, -0.05) is 64.7 Å². The van der Waals surface area contributed by atoms with Crippen molar-refractivity contribution in [2.24, 2.45) is 0 Å². The van der Waals surface area contributed by atoms with Crippen molar-refractivity contribution in [2.75, 3.05) is 19.7 Å². The lowest BCUT2D eigenvalue weighted by Crippen LogP contribution is -2.84. The molecule has 0 radical (unpaired) electrons. The van der Waals surface area contributed by atoms with E-state index in [0.717, 1.165) is 13.0 Å². The number of hydrogen-bond donors (Lipinski definition) is 2. The molecule has 0 spiro atoms. The molecule has 3 heteroatoms. The Hall–Kier alpha value is -0.120. The van der Waals surface area contributed by atoms with Crippen LogP contribution in [0, 0.1) is 0 Å². The fourth-order valence-electron chi connectivity index (χ4n) is 2.33. The summed E-state index contributed by atoms with van der Waals surface area (Å²) in [6, 6.07) is 0. The second kappa shape index (κ2) is 20.2. The normalized spacial score (nSPS) is 10.4. The first-order valence-electron chi connectivity index (χ1n) is 8.34. The average Bonchev–Trinajstić information content (AvgIpc) is 2.39. The summed E-state index contributed by atoms with van der Waals surface area (Å²) in [5.74, 6) is 0. The highest BCUT2D eigenvalue weighted by Gasteiger charge is 1.94. The molecule has 0 saturated carbocycles. The molecule has 0 saturated heterocycles. The maximum absolute atomic E-state index is 8.64. The van der Waals surface area contributed by atoms with Crippen LogP contribution in [-0.2, 0) is 0 Å². The number of hydrogen-bond acceptors (Lipinski definition) is 2. The van der Waals surface area contributed by atoms with Crippen LogP contribution in [0.3, 0.4) is 0 Å². The van der Waals surface area contributed by atoms with Gasteiger partial charge in [0.2, 0.25) is 0 Å². The first-order chi connectivity index (χ1) is 8.91. The Kier molecular flexibility index (Phi) is 22.5. The average molecular weight is 275 g/mol. The van der Waals surface area contributed by atoms with E-state index in [0.29, 0.717) is 6.61 Å². The first kappa shape index (κ1) is 21.2. The predicted molar refractivity (Wildman–Crippen MR) is 81.8 cm³/mol. The second-order valence-electron chi connectivity index (χ2n) is 5.48. The summed E-state index contributed by atoms with van der Waals surface area (Å²) >= 11 is 0. The summed E-state index contributed by atoms with van der Waals surface area (Å²) in [6.45, 7) is 4.96. The van der Waals surface area contributed by atoms with E-state index in [-0.39, 0.29) is 5.48 Å². The molecule has 0 fully saturated rings. The summed E-state index contributed by atoms with van der Waals surface area (Å²) in [4.78, 5) is 0. The standard InChI is InChI=1S/C16H35NO.H2O/c1-2-3-4-5-6-7-8-9-10-11-12-14-17-15-13-16-18;/h17-18H,2-16H2,1H3;1H2. The van der Waals surface area contributed by atoms with E-state index >= 15 is 0 Å². The highest BCUT2D eigenvalue weighted by atomic mass is 16.3. The van der Waals surface area contributed by atoms with E-state index in [4.69, 9.17) is 5.11 Å². The maximum atomic E-state index is 8.64. The molecule has 0 aromatic rings. The van der Waals surface area contributed by atoms with Crippen LogP contribution in [0.25, 0.3) is 0 Å². The lowest BCUT2D eigenvalue weighted by Gasteiger charge is -2.02. The minimum atomic E-state index is 0. The highest BCUT2D eigenvalue weighted by Crippen LogP contribution is 2.10. The molecule has 0 aliphatic rings. The van der Waals surface area contributed by atoms with Crippen LogP contribution < -0.4 is 5.32 Å². The Morgan fingerprint density at radius 2 is 1.05 bits per heavy atom. The van der Waals surface area contributed by atoms with Crippen molar-refractivity contribution in [1.82, 2.24) is 0 Å². The number of unbranched alkanes of at least 4 members (excludes halogenated alkanes) is 10. The Morgan fingerprint density at radius 1 is 0.632 bits per heavy atom. The molecule has 0 rings (SSSR count). The molecule has 0 aliphatic heterocycles. The lowest BCUT2D eigenvalue weighted by molar-refractivity contribution is -0.655. The first-order valence-corrected chi connectivity index (χ1v) is 8.34. The van der Waals surface area contributed by atoms with Crippen LogP contribution in [0.15, 0.2) is 0 Å². The van der Waals surface area contributed by atoms with Crippen LogP contribution in [0.5, 0.6) is 0 Å². The van der Waals surface area contributed by atoms with Gasteiger partial charge in [0, 0.05) is 13.0 Å². The number of nitrogens with two attached hydrogens (primary N) is 1. The largest absolute Gasteiger partial charge is 0.870 e. The van der Waals surface area contributed by atoms with Crippen molar-refractivity contribution in [1.29, 1.82) is 0 Å². The van der Waals surface area contributed by atoms with Crippen molar-refractivity contribution < 1.29 is 15.9 Å². The van der Waals surface area contributed by atoms with Crippen LogP contribution in [-0.4, -0.2) is 30.3 Å². The van der Waals surface area contributed by atoms with Gasteiger partial charge in [0.1, 0.15) is 0 Å². The molecular weight excluding hydrogens is 238 g/mol. The van der Waals surface area contributed by atoms with Gasteiger partial charge in [-0.2, -0.15) is 0 Å². The molecule has 0 aromatic heterocycles. The van der Waals surface area contributed by atoms with Crippen molar-refractivity contribution in [3.8, 4) is 0 Å². The molecule has 0 amide bonds. The topological polar surface area (TPSA) is 66.8 Å². The Labute approximate surface area is 120 Å². The monoisotopic (exact) mass is 275 g/mol. The summed E-state index contributed by atoms with van der Waals surface area (Å²) in [6.07, 6.45) is 16.6. The van der Waals surface area contributed by atoms with Crippen LogP contribution in [0.4, 0.5) is 0 Å².